The normalized spacial score (nSPS) is 10.7. The molecule has 0 aliphatic carbocycles. The van der Waals surface area contributed by atoms with Crippen LogP contribution < -0.4 is 5.32 Å². The topological polar surface area (TPSA) is 54.5 Å². The average molecular weight is 279 g/mol. The summed E-state index contributed by atoms with van der Waals surface area (Å²) in [4.78, 5) is 18.0. The molecule has 5 heteroatoms. The molecule has 0 atom stereocenters. The van der Waals surface area contributed by atoms with Gasteiger partial charge in [-0.3, -0.25) is 4.79 Å². The van der Waals surface area contributed by atoms with Gasteiger partial charge in [-0.25, -0.2) is 4.98 Å². The largest absolute Gasteiger partial charge is 0.377 e. The fraction of sp³-hybridized carbons (Fsp3) is 0.600. The highest BCUT2D eigenvalue weighted by molar-refractivity contribution is 5.93. The molecule has 0 unspecified atom stereocenters. The van der Waals surface area contributed by atoms with E-state index in [1.54, 1.807) is 24.2 Å². The lowest BCUT2D eigenvalue weighted by Gasteiger charge is -2.18. The summed E-state index contributed by atoms with van der Waals surface area (Å²) in [5.74, 6) is 0.765. The van der Waals surface area contributed by atoms with Crippen molar-refractivity contribution in [3.05, 3.63) is 23.9 Å². The zero-order valence-corrected chi connectivity index (χ0v) is 12.8. The fourth-order valence-corrected chi connectivity index (χ4v) is 1.63. The Morgan fingerprint density at radius 1 is 1.45 bits per heavy atom. The Bertz CT molecular complexity index is 404. The van der Waals surface area contributed by atoms with Gasteiger partial charge in [0.2, 0.25) is 0 Å². The lowest BCUT2D eigenvalue weighted by Crippen LogP contribution is -2.30. The highest BCUT2D eigenvalue weighted by atomic mass is 16.5. The minimum Gasteiger partial charge on any atom is -0.377 e. The summed E-state index contributed by atoms with van der Waals surface area (Å²) in [6, 6.07) is 3.63. The van der Waals surface area contributed by atoms with Crippen LogP contribution in [0.3, 0.4) is 0 Å². The average Bonchev–Trinajstić information content (AvgIpc) is 2.44. The highest BCUT2D eigenvalue weighted by Crippen LogP contribution is 2.07. The lowest BCUT2D eigenvalue weighted by atomic mass is 10.2. The van der Waals surface area contributed by atoms with Gasteiger partial charge in [0, 0.05) is 26.3 Å². The Balaban J connectivity index is 2.49. The van der Waals surface area contributed by atoms with Crippen LogP contribution in [0.5, 0.6) is 0 Å². The first kappa shape index (κ1) is 16.4. The number of likely N-dealkylation sites (N-methyl/N-ethyl adjacent to an activating group) is 1. The number of carbonyl (C=O) groups is 1. The molecule has 0 fully saturated rings. The van der Waals surface area contributed by atoms with Crippen LogP contribution in [0.4, 0.5) is 5.82 Å². The number of pyridine rings is 1. The summed E-state index contributed by atoms with van der Waals surface area (Å²) in [6.07, 6.45) is 2.84. The van der Waals surface area contributed by atoms with Gasteiger partial charge in [-0.1, -0.05) is 6.92 Å². The molecule has 1 amide bonds. The van der Waals surface area contributed by atoms with Crippen LogP contribution in [0.2, 0.25) is 0 Å². The van der Waals surface area contributed by atoms with E-state index in [0.717, 1.165) is 18.8 Å². The summed E-state index contributed by atoms with van der Waals surface area (Å²) in [7, 11) is 1.77. The number of ether oxygens (including phenoxy) is 1. The first-order valence-corrected chi connectivity index (χ1v) is 7.11. The van der Waals surface area contributed by atoms with Crippen LogP contribution in [0.15, 0.2) is 18.3 Å². The molecule has 20 heavy (non-hydrogen) atoms. The molecule has 112 valence electrons. The first-order valence-electron chi connectivity index (χ1n) is 7.11. The quantitative estimate of drug-likeness (QED) is 0.794. The maximum atomic E-state index is 12.2. The van der Waals surface area contributed by atoms with E-state index in [2.05, 4.69) is 17.2 Å². The predicted molar refractivity (Wildman–Crippen MR) is 81.1 cm³/mol. The predicted octanol–water partition coefficient (Wildman–Crippen LogP) is 2.40. The standard InChI is InChI=1S/C15H25N3O2/c1-5-8-16-14-7-6-13(11-17-14)15(19)18(4)9-10-20-12(2)3/h6-7,11-12H,5,8-10H2,1-4H3,(H,16,17). The van der Waals surface area contributed by atoms with Crippen LogP contribution in [-0.2, 0) is 4.74 Å². The van der Waals surface area contributed by atoms with E-state index in [4.69, 9.17) is 4.74 Å². The number of aromatic nitrogens is 1. The van der Waals surface area contributed by atoms with Crippen molar-refractivity contribution in [1.82, 2.24) is 9.88 Å². The van der Waals surface area contributed by atoms with E-state index in [1.165, 1.54) is 0 Å². The van der Waals surface area contributed by atoms with E-state index >= 15 is 0 Å². The van der Waals surface area contributed by atoms with Gasteiger partial charge in [-0.2, -0.15) is 0 Å². The minimum atomic E-state index is -0.0353. The van der Waals surface area contributed by atoms with Crippen LogP contribution in [0.25, 0.3) is 0 Å². The van der Waals surface area contributed by atoms with Gasteiger partial charge in [0.1, 0.15) is 5.82 Å². The second kappa shape index (κ2) is 8.53. The Morgan fingerprint density at radius 2 is 2.20 bits per heavy atom. The number of amides is 1. The van der Waals surface area contributed by atoms with E-state index in [0.29, 0.717) is 18.7 Å². The minimum absolute atomic E-state index is 0.0353. The maximum Gasteiger partial charge on any atom is 0.255 e. The molecule has 1 N–H and O–H groups in total. The van der Waals surface area contributed by atoms with Gasteiger partial charge in [-0.05, 0) is 32.4 Å². The first-order chi connectivity index (χ1) is 9.54. The van der Waals surface area contributed by atoms with Gasteiger partial charge in [0.05, 0.1) is 18.3 Å². The molecule has 0 radical (unpaired) electrons. The zero-order chi connectivity index (χ0) is 15.0. The molecule has 0 bridgehead atoms. The summed E-state index contributed by atoms with van der Waals surface area (Å²) in [5.41, 5.74) is 0.596. The lowest BCUT2D eigenvalue weighted by molar-refractivity contribution is 0.0532. The van der Waals surface area contributed by atoms with Gasteiger partial charge in [0.15, 0.2) is 0 Å². The number of nitrogens with one attached hydrogen (secondary N) is 1. The number of anilines is 1. The molecule has 1 rings (SSSR count). The van der Waals surface area contributed by atoms with Gasteiger partial charge in [0.25, 0.3) is 5.91 Å². The molecule has 5 nitrogen and oxygen atoms in total. The van der Waals surface area contributed by atoms with E-state index < -0.39 is 0 Å². The number of carbonyl (C=O) groups excluding carboxylic acids is 1. The summed E-state index contributed by atoms with van der Waals surface area (Å²) < 4.78 is 5.44. The van der Waals surface area contributed by atoms with Crippen molar-refractivity contribution in [1.29, 1.82) is 0 Å². The second-order valence-corrected chi connectivity index (χ2v) is 5.01. The SMILES string of the molecule is CCCNc1ccc(C(=O)N(C)CCOC(C)C)cn1. The third-order valence-electron chi connectivity index (χ3n) is 2.79. The van der Waals surface area contributed by atoms with Gasteiger partial charge >= 0.3 is 0 Å². The smallest absolute Gasteiger partial charge is 0.255 e. The third kappa shape index (κ3) is 5.57. The Morgan fingerprint density at radius 3 is 2.75 bits per heavy atom. The highest BCUT2D eigenvalue weighted by Gasteiger charge is 2.12. The molecular weight excluding hydrogens is 254 g/mol. The molecule has 0 aliphatic rings. The molecule has 0 saturated carbocycles. The molecule has 0 saturated heterocycles. The van der Waals surface area contributed by atoms with Crippen LogP contribution in [0, 0.1) is 0 Å². The molecule has 1 aromatic heterocycles. The van der Waals surface area contributed by atoms with Gasteiger partial charge < -0.3 is 15.0 Å². The Kier molecular flexibility index (Phi) is 7.01. The molecule has 0 aliphatic heterocycles. The molecule has 0 aromatic carbocycles. The van der Waals surface area contributed by atoms with Crippen molar-refractivity contribution in [2.45, 2.75) is 33.3 Å². The molecular formula is C15H25N3O2. The molecule has 1 heterocycles. The van der Waals surface area contributed by atoms with Crippen LogP contribution >= 0.6 is 0 Å². The number of rotatable bonds is 8. The molecule has 1 aromatic rings. The number of hydrogen-bond donors (Lipinski definition) is 1. The Labute approximate surface area is 121 Å². The van der Waals surface area contributed by atoms with E-state index in [-0.39, 0.29) is 12.0 Å². The van der Waals surface area contributed by atoms with Gasteiger partial charge in [-0.15, -0.1) is 0 Å². The second-order valence-electron chi connectivity index (χ2n) is 5.01. The van der Waals surface area contributed by atoms with Crippen molar-refractivity contribution in [2.24, 2.45) is 0 Å². The van der Waals surface area contributed by atoms with Crippen molar-refractivity contribution >= 4 is 11.7 Å². The van der Waals surface area contributed by atoms with Crippen molar-refractivity contribution < 1.29 is 9.53 Å². The summed E-state index contributed by atoms with van der Waals surface area (Å²) >= 11 is 0. The van der Waals surface area contributed by atoms with Crippen LogP contribution in [0.1, 0.15) is 37.6 Å². The van der Waals surface area contributed by atoms with E-state index in [1.807, 2.05) is 19.9 Å². The molecule has 0 spiro atoms. The maximum absolute atomic E-state index is 12.2. The van der Waals surface area contributed by atoms with E-state index in [9.17, 15) is 4.79 Å². The zero-order valence-electron chi connectivity index (χ0n) is 12.8. The summed E-state index contributed by atoms with van der Waals surface area (Å²) in [6.45, 7) is 8.06. The van der Waals surface area contributed by atoms with Crippen molar-refractivity contribution in [3.8, 4) is 0 Å². The summed E-state index contributed by atoms with van der Waals surface area (Å²) in [5, 5.41) is 3.18. The number of nitrogens with zero attached hydrogens (tertiary/aromatic N) is 2. The van der Waals surface area contributed by atoms with Crippen molar-refractivity contribution in [3.63, 3.8) is 0 Å². The van der Waals surface area contributed by atoms with Crippen LogP contribution in [-0.4, -0.2) is 48.6 Å². The number of hydrogen-bond acceptors (Lipinski definition) is 4. The monoisotopic (exact) mass is 279 g/mol. The Hall–Kier alpha value is -1.62. The van der Waals surface area contributed by atoms with Crippen molar-refractivity contribution in [2.75, 3.05) is 32.1 Å². The fourth-order valence-electron chi connectivity index (χ4n) is 1.63. The third-order valence-corrected chi connectivity index (χ3v) is 2.79.